The molecule has 112 valence electrons. The van der Waals surface area contributed by atoms with Crippen molar-refractivity contribution in [2.24, 2.45) is 0 Å². The zero-order valence-corrected chi connectivity index (χ0v) is 13.1. The lowest BCUT2D eigenvalue weighted by molar-refractivity contribution is 0.423. The molecule has 0 amide bonds. The van der Waals surface area contributed by atoms with Crippen LogP contribution in [0.3, 0.4) is 0 Å². The van der Waals surface area contributed by atoms with Crippen LogP contribution >= 0.6 is 0 Å². The average molecular weight is 282 g/mol. The number of likely N-dealkylation sites (N-methyl/N-ethyl adjacent to an activating group) is 1. The van der Waals surface area contributed by atoms with Gasteiger partial charge in [0.1, 0.15) is 0 Å². The highest BCUT2D eigenvalue weighted by molar-refractivity contribution is 5.17. The van der Waals surface area contributed by atoms with Gasteiger partial charge in [0.25, 0.3) is 0 Å². The molecule has 0 radical (unpaired) electrons. The number of aryl methyl sites for hydroxylation is 1. The zero-order chi connectivity index (χ0) is 14.9. The number of rotatable bonds is 8. The Balaban J connectivity index is 1.89. The van der Waals surface area contributed by atoms with Gasteiger partial charge < -0.3 is 5.32 Å². The van der Waals surface area contributed by atoms with E-state index in [2.05, 4.69) is 66.6 Å². The number of pyridine rings is 1. The molecule has 1 aromatic carbocycles. The van der Waals surface area contributed by atoms with Gasteiger partial charge in [-0.3, -0.25) is 4.98 Å². The highest BCUT2D eigenvalue weighted by Crippen LogP contribution is 2.22. The Bertz CT molecular complexity index is 495. The van der Waals surface area contributed by atoms with Crippen LogP contribution in [0, 0.1) is 0 Å². The van der Waals surface area contributed by atoms with E-state index in [1.807, 2.05) is 12.4 Å². The van der Waals surface area contributed by atoms with Crippen LogP contribution in [0.15, 0.2) is 54.9 Å². The van der Waals surface area contributed by atoms with E-state index in [9.17, 15) is 0 Å². The van der Waals surface area contributed by atoms with Crippen LogP contribution in [0.4, 0.5) is 0 Å². The van der Waals surface area contributed by atoms with Crippen LogP contribution in [-0.4, -0.2) is 17.6 Å². The molecule has 0 saturated carbocycles. The van der Waals surface area contributed by atoms with Gasteiger partial charge in [0.2, 0.25) is 0 Å². The molecule has 0 saturated heterocycles. The summed E-state index contributed by atoms with van der Waals surface area (Å²) in [6.07, 6.45) is 7.35. The summed E-state index contributed by atoms with van der Waals surface area (Å²) >= 11 is 0. The minimum Gasteiger partial charge on any atom is -0.314 e. The van der Waals surface area contributed by atoms with Gasteiger partial charge in [-0.2, -0.15) is 0 Å². The lowest BCUT2D eigenvalue weighted by Gasteiger charge is -2.25. The minimum atomic E-state index is 0.517. The Hall–Kier alpha value is -1.67. The Labute approximate surface area is 128 Å². The molecule has 1 N–H and O–H groups in total. The number of nitrogens with zero attached hydrogens (tertiary/aromatic N) is 1. The predicted molar refractivity (Wildman–Crippen MR) is 89.5 cm³/mol. The molecule has 2 aromatic rings. The van der Waals surface area contributed by atoms with Crippen molar-refractivity contribution < 1.29 is 0 Å². The predicted octanol–water partition coefficient (Wildman–Crippen LogP) is 4.19. The van der Waals surface area contributed by atoms with Gasteiger partial charge in [0.05, 0.1) is 0 Å². The largest absolute Gasteiger partial charge is 0.314 e. The number of benzene rings is 1. The highest BCUT2D eigenvalue weighted by Gasteiger charge is 2.17. The number of aromatic nitrogens is 1. The molecule has 2 unspecified atom stereocenters. The molecule has 2 heteroatoms. The quantitative estimate of drug-likeness (QED) is 0.785. The molecule has 0 aliphatic rings. The molecule has 2 atom stereocenters. The molecule has 0 fully saturated rings. The van der Waals surface area contributed by atoms with Crippen LogP contribution in [0.25, 0.3) is 0 Å². The molecule has 2 rings (SSSR count). The summed E-state index contributed by atoms with van der Waals surface area (Å²) in [6.45, 7) is 5.51. The maximum Gasteiger partial charge on any atom is 0.0270 e. The normalized spacial score (nSPS) is 13.8. The van der Waals surface area contributed by atoms with E-state index in [1.165, 1.54) is 24.0 Å². The summed E-state index contributed by atoms with van der Waals surface area (Å²) in [6, 6.07) is 15.5. The fraction of sp³-hybridized carbons (Fsp3) is 0.421. The van der Waals surface area contributed by atoms with E-state index in [-0.39, 0.29) is 0 Å². The van der Waals surface area contributed by atoms with Gasteiger partial charge in [-0.1, -0.05) is 44.2 Å². The zero-order valence-electron chi connectivity index (χ0n) is 13.1. The molecule has 1 heterocycles. The molecule has 1 aromatic heterocycles. The Morgan fingerprint density at radius 3 is 2.43 bits per heavy atom. The second kappa shape index (κ2) is 8.58. The fourth-order valence-corrected chi connectivity index (χ4v) is 2.86. The van der Waals surface area contributed by atoms with Crippen LogP contribution in [-0.2, 0) is 6.42 Å². The lowest BCUT2D eigenvalue weighted by Crippen LogP contribution is -2.33. The van der Waals surface area contributed by atoms with E-state index >= 15 is 0 Å². The number of hydrogen-bond donors (Lipinski definition) is 1. The SMILES string of the molecule is CCNC(CCCc1ccccc1)C(C)c1ccncc1. The maximum absolute atomic E-state index is 4.11. The van der Waals surface area contributed by atoms with Crippen molar-refractivity contribution in [1.82, 2.24) is 10.3 Å². The molecular formula is C19H26N2. The van der Waals surface area contributed by atoms with Crippen molar-refractivity contribution in [3.8, 4) is 0 Å². The lowest BCUT2D eigenvalue weighted by atomic mass is 9.90. The summed E-state index contributed by atoms with van der Waals surface area (Å²) in [5.74, 6) is 0.517. The summed E-state index contributed by atoms with van der Waals surface area (Å²) < 4.78 is 0. The molecule has 0 bridgehead atoms. The molecule has 21 heavy (non-hydrogen) atoms. The van der Waals surface area contributed by atoms with Gasteiger partial charge in [-0.15, -0.1) is 0 Å². The molecular weight excluding hydrogens is 256 g/mol. The van der Waals surface area contributed by atoms with Crippen LogP contribution in [0.5, 0.6) is 0 Å². The van der Waals surface area contributed by atoms with Gasteiger partial charge in [-0.25, -0.2) is 0 Å². The third-order valence-electron chi connectivity index (χ3n) is 4.13. The van der Waals surface area contributed by atoms with Gasteiger partial charge >= 0.3 is 0 Å². The van der Waals surface area contributed by atoms with Crippen LogP contribution in [0.2, 0.25) is 0 Å². The number of hydrogen-bond acceptors (Lipinski definition) is 2. The minimum absolute atomic E-state index is 0.517. The van der Waals surface area contributed by atoms with Crippen molar-refractivity contribution >= 4 is 0 Å². The second-order valence-corrected chi connectivity index (χ2v) is 5.61. The Kier molecular flexibility index (Phi) is 6.42. The summed E-state index contributed by atoms with van der Waals surface area (Å²) in [5, 5.41) is 3.65. The summed E-state index contributed by atoms with van der Waals surface area (Å²) in [4.78, 5) is 4.11. The Morgan fingerprint density at radius 2 is 1.76 bits per heavy atom. The van der Waals surface area contributed by atoms with Crippen LogP contribution in [0.1, 0.15) is 43.7 Å². The van der Waals surface area contributed by atoms with E-state index in [0.29, 0.717) is 12.0 Å². The second-order valence-electron chi connectivity index (χ2n) is 5.61. The summed E-state index contributed by atoms with van der Waals surface area (Å²) in [5.41, 5.74) is 2.81. The topological polar surface area (TPSA) is 24.9 Å². The van der Waals surface area contributed by atoms with Crippen molar-refractivity contribution in [2.45, 2.75) is 45.1 Å². The first-order valence-corrected chi connectivity index (χ1v) is 7.98. The summed E-state index contributed by atoms with van der Waals surface area (Å²) in [7, 11) is 0. The van der Waals surface area contributed by atoms with E-state index < -0.39 is 0 Å². The Morgan fingerprint density at radius 1 is 1.05 bits per heavy atom. The third kappa shape index (κ3) is 4.98. The first kappa shape index (κ1) is 15.7. The molecule has 0 spiro atoms. The highest BCUT2D eigenvalue weighted by atomic mass is 14.9. The molecule has 2 nitrogen and oxygen atoms in total. The average Bonchev–Trinajstić information content (AvgIpc) is 2.55. The van der Waals surface area contributed by atoms with Gasteiger partial charge in [-0.05, 0) is 55.0 Å². The van der Waals surface area contributed by atoms with E-state index in [4.69, 9.17) is 0 Å². The van der Waals surface area contributed by atoms with Crippen molar-refractivity contribution in [1.29, 1.82) is 0 Å². The van der Waals surface area contributed by atoms with Crippen LogP contribution < -0.4 is 5.32 Å². The fourth-order valence-electron chi connectivity index (χ4n) is 2.86. The van der Waals surface area contributed by atoms with E-state index in [0.717, 1.165) is 13.0 Å². The standard InChI is InChI=1S/C19H26N2/c1-3-21-19(16(2)18-12-14-20-15-13-18)11-7-10-17-8-5-4-6-9-17/h4-6,8-9,12-16,19,21H,3,7,10-11H2,1-2H3. The smallest absolute Gasteiger partial charge is 0.0270 e. The monoisotopic (exact) mass is 282 g/mol. The van der Waals surface area contributed by atoms with E-state index in [1.54, 1.807) is 0 Å². The molecule has 0 aliphatic heterocycles. The molecule has 0 aliphatic carbocycles. The van der Waals surface area contributed by atoms with Crippen molar-refractivity contribution in [3.63, 3.8) is 0 Å². The van der Waals surface area contributed by atoms with Gasteiger partial charge in [0, 0.05) is 18.4 Å². The van der Waals surface area contributed by atoms with Crippen molar-refractivity contribution in [2.75, 3.05) is 6.54 Å². The first-order chi connectivity index (χ1) is 10.3. The third-order valence-corrected chi connectivity index (χ3v) is 4.13. The van der Waals surface area contributed by atoms with Gasteiger partial charge in [0.15, 0.2) is 0 Å². The number of nitrogens with one attached hydrogen (secondary N) is 1. The maximum atomic E-state index is 4.11. The first-order valence-electron chi connectivity index (χ1n) is 7.98. The van der Waals surface area contributed by atoms with Crippen molar-refractivity contribution in [3.05, 3.63) is 66.0 Å².